The Bertz CT molecular complexity index is 899. The van der Waals surface area contributed by atoms with Crippen LogP contribution < -0.4 is 10.0 Å². The fourth-order valence-electron chi connectivity index (χ4n) is 2.66. The predicted octanol–water partition coefficient (Wildman–Crippen LogP) is 3.55. The number of hydrogen-bond donors (Lipinski definition) is 2. The van der Waals surface area contributed by atoms with Gasteiger partial charge in [-0.05, 0) is 54.3 Å². The van der Waals surface area contributed by atoms with Crippen LogP contribution in [-0.2, 0) is 20.2 Å². The molecule has 0 bridgehead atoms. The molecule has 7 heteroatoms. The van der Waals surface area contributed by atoms with Gasteiger partial charge in [-0.1, -0.05) is 32.9 Å². The average molecular weight is 405 g/mol. The summed E-state index contributed by atoms with van der Waals surface area (Å²) in [7, 11) is -2.13. The minimum atomic E-state index is -3.64. The first kappa shape index (κ1) is 22.1. The van der Waals surface area contributed by atoms with Gasteiger partial charge in [0.25, 0.3) is 5.91 Å². The van der Waals surface area contributed by atoms with Crippen molar-refractivity contribution in [1.29, 1.82) is 0 Å². The molecule has 0 aliphatic carbocycles. The Morgan fingerprint density at radius 3 is 2.11 bits per heavy atom. The van der Waals surface area contributed by atoms with Gasteiger partial charge in [-0.3, -0.25) is 4.79 Å². The molecule has 1 unspecified atom stereocenters. The molecule has 0 saturated heterocycles. The Hall–Kier alpha value is -2.22. The predicted molar refractivity (Wildman–Crippen MR) is 111 cm³/mol. The molecule has 1 atom stereocenters. The minimum Gasteiger partial charge on any atom is -0.383 e. The molecule has 0 radical (unpaired) electrons. The smallest absolute Gasteiger partial charge is 0.255 e. The molecule has 2 rings (SSSR count). The minimum absolute atomic E-state index is 0.0190. The van der Waals surface area contributed by atoms with Crippen LogP contribution in [0.25, 0.3) is 0 Å². The van der Waals surface area contributed by atoms with E-state index in [-0.39, 0.29) is 28.9 Å². The summed E-state index contributed by atoms with van der Waals surface area (Å²) in [6, 6.07) is 13.2. The van der Waals surface area contributed by atoms with Gasteiger partial charge in [-0.25, -0.2) is 13.1 Å². The van der Waals surface area contributed by atoms with Crippen molar-refractivity contribution in [2.45, 2.75) is 44.0 Å². The highest BCUT2D eigenvalue weighted by Gasteiger charge is 2.18. The molecule has 0 spiro atoms. The SMILES string of the molecule is COCC(C)NS(=O)(=O)c1ccc(NC(=O)c2ccc(C(C)(C)C)cc2)cc1. The maximum Gasteiger partial charge on any atom is 0.255 e. The van der Waals surface area contributed by atoms with Crippen LogP contribution >= 0.6 is 0 Å². The number of benzene rings is 2. The van der Waals surface area contributed by atoms with Crippen molar-refractivity contribution in [3.05, 3.63) is 59.7 Å². The number of sulfonamides is 1. The Labute approximate surface area is 167 Å². The van der Waals surface area contributed by atoms with Crippen molar-refractivity contribution in [3.63, 3.8) is 0 Å². The van der Waals surface area contributed by atoms with Crippen LogP contribution in [0.15, 0.2) is 53.4 Å². The summed E-state index contributed by atoms with van der Waals surface area (Å²) in [4.78, 5) is 12.5. The first-order chi connectivity index (χ1) is 13.0. The van der Waals surface area contributed by atoms with Crippen LogP contribution in [0.1, 0.15) is 43.6 Å². The lowest BCUT2D eigenvalue weighted by Gasteiger charge is -2.19. The second-order valence-electron chi connectivity index (χ2n) is 7.78. The maximum atomic E-state index is 12.4. The maximum absolute atomic E-state index is 12.4. The van der Waals surface area contributed by atoms with E-state index >= 15 is 0 Å². The highest BCUT2D eigenvalue weighted by Crippen LogP contribution is 2.22. The molecule has 0 aliphatic rings. The first-order valence-electron chi connectivity index (χ1n) is 9.06. The van der Waals surface area contributed by atoms with Gasteiger partial charge in [0, 0.05) is 24.4 Å². The van der Waals surface area contributed by atoms with Crippen molar-refractivity contribution in [1.82, 2.24) is 4.72 Å². The van der Waals surface area contributed by atoms with E-state index in [4.69, 9.17) is 4.74 Å². The van der Waals surface area contributed by atoms with Crippen molar-refractivity contribution in [3.8, 4) is 0 Å². The van der Waals surface area contributed by atoms with Crippen LogP contribution in [0.4, 0.5) is 5.69 Å². The van der Waals surface area contributed by atoms with Crippen LogP contribution in [0.5, 0.6) is 0 Å². The topological polar surface area (TPSA) is 84.5 Å². The number of rotatable bonds is 7. The summed E-state index contributed by atoms with van der Waals surface area (Å²) in [5, 5.41) is 2.78. The number of anilines is 1. The third kappa shape index (κ3) is 5.89. The Morgan fingerprint density at radius 1 is 1.04 bits per heavy atom. The molecule has 0 aromatic heterocycles. The Kier molecular flexibility index (Phi) is 6.98. The van der Waals surface area contributed by atoms with E-state index in [1.807, 2.05) is 12.1 Å². The average Bonchev–Trinajstić information content (AvgIpc) is 2.61. The summed E-state index contributed by atoms with van der Waals surface area (Å²) in [5.74, 6) is -0.247. The lowest BCUT2D eigenvalue weighted by atomic mass is 9.87. The number of ether oxygens (including phenoxy) is 1. The second-order valence-corrected chi connectivity index (χ2v) is 9.50. The zero-order valence-electron chi connectivity index (χ0n) is 16.9. The number of amides is 1. The van der Waals surface area contributed by atoms with E-state index in [2.05, 4.69) is 30.8 Å². The normalized spacial score (nSPS) is 13.2. The molecular weight excluding hydrogens is 376 g/mol. The number of nitrogens with one attached hydrogen (secondary N) is 2. The van der Waals surface area contributed by atoms with Crippen molar-refractivity contribution >= 4 is 21.6 Å². The molecule has 0 heterocycles. The molecule has 28 heavy (non-hydrogen) atoms. The van der Waals surface area contributed by atoms with Crippen molar-refractivity contribution < 1.29 is 17.9 Å². The van der Waals surface area contributed by atoms with Gasteiger partial charge in [-0.2, -0.15) is 0 Å². The van der Waals surface area contributed by atoms with E-state index in [1.54, 1.807) is 31.2 Å². The molecule has 2 aromatic rings. The first-order valence-corrected chi connectivity index (χ1v) is 10.5. The van der Waals surface area contributed by atoms with E-state index in [1.165, 1.54) is 19.2 Å². The van der Waals surface area contributed by atoms with Gasteiger partial charge in [0.2, 0.25) is 10.0 Å². The number of carbonyl (C=O) groups excluding carboxylic acids is 1. The molecule has 1 amide bonds. The number of hydrogen-bond acceptors (Lipinski definition) is 4. The summed E-state index contributed by atoms with van der Waals surface area (Å²) >= 11 is 0. The summed E-state index contributed by atoms with van der Waals surface area (Å²) in [6.45, 7) is 8.34. The highest BCUT2D eigenvalue weighted by atomic mass is 32.2. The van der Waals surface area contributed by atoms with Gasteiger partial charge in [0.15, 0.2) is 0 Å². The van der Waals surface area contributed by atoms with E-state index in [9.17, 15) is 13.2 Å². The monoisotopic (exact) mass is 404 g/mol. The van der Waals surface area contributed by atoms with Crippen LogP contribution in [0.3, 0.4) is 0 Å². The standard InChI is InChI=1S/C21H28N2O4S/c1-15(14-27-5)23-28(25,26)19-12-10-18(11-13-19)22-20(24)16-6-8-17(9-7-16)21(2,3)4/h6-13,15,23H,14H2,1-5H3,(H,22,24). The zero-order chi connectivity index (χ0) is 20.9. The van der Waals surface area contributed by atoms with Crippen molar-refractivity contribution in [2.24, 2.45) is 0 Å². The summed E-state index contributed by atoms with van der Waals surface area (Å²) < 4.78 is 32.1. The van der Waals surface area contributed by atoms with Gasteiger partial charge >= 0.3 is 0 Å². The lowest BCUT2D eigenvalue weighted by molar-refractivity contribution is 0.102. The van der Waals surface area contributed by atoms with Gasteiger partial charge < -0.3 is 10.1 Å². The molecule has 2 N–H and O–H groups in total. The quantitative estimate of drug-likeness (QED) is 0.739. The zero-order valence-corrected chi connectivity index (χ0v) is 17.8. The Balaban J connectivity index is 2.06. The third-order valence-corrected chi connectivity index (χ3v) is 5.81. The summed E-state index contributed by atoms with van der Waals surface area (Å²) in [6.07, 6.45) is 0. The molecule has 152 valence electrons. The van der Waals surface area contributed by atoms with Gasteiger partial charge in [0.05, 0.1) is 11.5 Å². The molecule has 6 nitrogen and oxygen atoms in total. The third-order valence-electron chi connectivity index (χ3n) is 4.21. The largest absolute Gasteiger partial charge is 0.383 e. The summed E-state index contributed by atoms with van der Waals surface area (Å²) in [5.41, 5.74) is 2.23. The fraction of sp³-hybridized carbons (Fsp3) is 0.381. The highest BCUT2D eigenvalue weighted by molar-refractivity contribution is 7.89. The van der Waals surface area contributed by atoms with Crippen LogP contribution in [0, 0.1) is 0 Å². The molecule has 0 saturated carbocycles. The van der Waals surface area contributed by atoms with E-state index in [0.717, 1.165) is 5.56 Å². The van der Waals surface area contributed by atoms with Gasteiger partial charge in [0.1, 0.15) is 0 Å². The van der Waals surface area contributed by atoms with Crippen molar-refractivity contribution in [2.75, 3.05) is 19.0 Å². The number of carbonyl (C=O) groups is 1. The van der Waals surface area contributed by atoms with Gasteiger partial charge in [-0.15, -0.1) is 0 Å². The lowest BCUT2D eigenvalue weighted by Crippen LogP contribution is -2.35. The van der Waals surface area contributed by atoms with Crippen LogP contribution in [-0.4, -0.2) is 34.1 Å². The molecule has 0 aliphatic heterocycles. The molecule has 2 aromatic carbocycles. The fourth-order valence-corrected chi connectivity index (χ4v) is 3.89. The van der Waals surface area contributed by atoms with E-state index in [0.29, 0.717) is 11.3 Å². The second kappa shape index (κ2) is 8.86. The molecule has 0 fully saturated rings. The number of methoxy groups -OCH3 is 1. The Morgan fingerprint density at radius 2 is 1.61 bits per heavy atom. The van der Waals surface area contributed by atoms with Crippen LogP contribution in [0.2, 0.25) is 0 Å². The van der Waals surface area contributed by atoms with E-state index < -0.39 is 10.0 Å². The molecular formula is C21H28N2O4S.